The quantitative estimate of drug-likeness (QED) is 0.139. The molecule has 0 radical (unpaired) electrons. The van der Waals surface area contributed by atoms with E-state index in [2.05, 4.69) is 46.7 Å². The minimum Gasteiger partial charge on any atom is -0.342 e. The van der Waals surface area contributed by atoms with Crippen molar-refractivity contribution < 1.29 is 9.59 Å². The number of ketones is 1. The maximum Gasteiger partial charge on any atom is 0.324 e. The summed E-state index contributed by atoms with van der Waals surface area (Å²) in [4.78, 5) is 35.0. The van der Waals surface area contributed by atoms with Crippen molar-refractivity contribution >= 4 is 34.4 Å². The van der Waals surface area contributed by atoms with E-state index >= 15 is 0 Å². The molecule has 2 amide bonds. The molecule has 1 unspecified atom stereocenters. The van der Waals surface area contributed by atoms with Gasteiger partial charge in [0.05, 0.1) is 22.4 Å². The molecule has 1 saturated heterocycles. The van der Waals surface area contributed by atoms with E-state index in [1.165, 1.54) is 0 Å². The van der Waals surface area contributed by atoms with Crippen molar-refractivity contribution in [1.29, 1.82) is 0 Å². The fraction of sp³-hybridized carbons (Fsp3) is 0.351. The second-order valence-electron chi connectivity index (χ2n) is 13.3. The lowest BCUT2D eigenvalue weighted by Crippen LogP contribution is -2.33. The predicted octanol–water partition coefficient (Wildman–Crippen LogP) is 7.28. The van der Waals surface area contributed by atoms with E-state index in [-0.39, 0.29) is 29.1 Å². The van der Waals surface area contributed by atoms with Gasteiger partial charge in [0.25, 0.3) is 0 Å². The van der Waals surface area contributed by atoms with Crippen LogP contribution in [-0.4, -0.2) is 44.7 Å². The summed E-state index contributed by atoms with van der Waals surface area (Å²) < 4.78 is 1.77. The maximum absolute atomic E-state index is 13.8. The number of aromatic nitrogens is 4. The number of aryl methyl sites for hydroxylation is 2. The molecule has 9 nitrogen and oxygen atoms in total. The second-order valence-corrected chi connectivity index (χ2v) is 13.3. The number of urea groups is 1. The average molecular weight is 618 g/mol. The van der Waals surface area contributed by atoms with Crippen LogP contribution in [0.15, 0.2) is 78.9 Å². The minimum absolute atomic E-state index is 0.187. The molecule has 3 aromatic carbocycles. The number of H-pyrrole nitrogens is 1. The van der Waals surface area contributed by atoms with Crippen molar-refractivity contribution in [3.63, 3.8) is 0 Å². The lowest BCUT2D eigenvalue weighted by Gasteiger charge is -2.30. The first kappa shape index (κ1) is 31.2. The molecule has 1 aliphatic rings. The van der Waals surface area contributed by atoms with Gasteiger partial charge in [-0.05, 0) is 80.7 Å². The van der Waals surface area contributed by atoms with Crippen LogP contribution in [0, 0.1) is 12.8 Å². The van der Waals surface area contributed by atoms with E-state index in [1.807, 2.05) is 85.8 Å². The monoisotopic (exact) mass is 617 g/mol. The highest BCUT2D eigenvalue weighted by molar-refractivity contribution is 5.99. The van der Waals surface area contributed by atoms with Gasteiger partial charge < -0.3 is 15.6 Å². The topological polar surface area (TPSA) is 117 Å². The number of hydrogen-bond donors (Lipinski definition) is 4. The molecule has 0 spiro atoms. The Bertz CT molecular complexity index is 1770. The number of nitrogens with zero attached hydrogens (tertiary/aromatic N) is 3. The summed E-state index contributed by atoms with van der Waals surface area (Å²) in [7, 11) is 0. The molecular formula is C37H43N7O2. The summed E-state index contributed by atoms with van der Waals surface area (Å²) in [5.41, 5.74) is 6.25. The first-order valence-electron chi connectivity index (χ1n) is 16.2. The zero-order valence-electron chi connectivity index (χ0n) is 27.1. The van der Waals surface area contributed by atoms with Crippen molar-refractivity contribution in [2.45, 2.75) is 64.7 Å². The number of aromatic amines is 1. The number of amides is 2. The Balaban J connectivity index is 1.16. The Morgan fingerprint density at radius 3 is 2.37 bits per heavy atom. The third kappa shape index (κ3) is 7.21. The Kier molecular flexibility index (Phi) is 9.03. The molecule has 5 aromatic rings. The highest BCUT2D eigenvalue weighted by Crippen LogP contribution is 2.34. The number of imidazole rings is 1. The van der Waals surface area contributed by atoms with Gasteiger partial charge in [0.15, 0.2) is 0 Å². The molecule has 238 valence electrons. The number of hydrogen-bond acceptors (Lipinski definition) is 5. The van der Waals surface area contributed by atoms with Crippen LogP contribution >= 0.6 is 0 Å². The maximum atomic E-state index is 13.8. The van der Waals surface area contributed by atoms with Gasteiger partial charge in [-0.1, -0.05) is 62.7 Å². The van der Waals surface area contributed by atoms with E-state index in [0.29, 0.717) is 24.3 Å². The van der Waals surface area contributed by atoms with Gasteiger partial charge in [-0.2, -0.15) is 5.10 Å². The summed E-state index contributed by atoms with van der Waals surface area (Å²) in [6, 6.07) is 25.3. The molecule has 3 heterocycles. The van der Waals surface area contributed by atoms with Crippen LogP contribution in [0.4, 0.5) is 16.3 Å². The first-order chi connectivity index (χ1) is 22.1. The van der Waals surface area contributed by atoms with E-state index in [0.717, 1.165) is 65.3 Å². The molecule has 1 atom stereocenters. The summed E-state index contributed by atoms with van der Waals surface area (Å²) in [6.07, 6.45) is 2.90. The molecule has 6 rings (SSSR count). The van der Waals surface area contributed by atoms with E-state index in [1.54, 1.807) is 4.68 Å². The number of Topliss-reactive ketones (excluding diaryl/α,β-unsaturated/α-hetero) is 1. The fourth-order valence-corrected chi connectivity index (χ4v) is 6.19. The number of anilines is 2. The van der Waals surface area contributed by atoms with Crippen LogP contribution in [0.25, 0.3) is 16.7 Å². The molecule has 4 N–H and O–H groups in total. The molecular weight excluding hydrogens is 574 g/mol. The lowest BCUT2D eigenvalue weighted by molar-refractivity contribution is -0.121. The van der Waals surface area contributed by atoms with E-state index < -0.39 is 0 Å². The van der Waals surface area contributed by atoms with Gasteiger partial charge >= 0.3 is 6.03 Å². The van der Waals surface area contributed by atoms with Gasteiger partial charge in [0, 0.05) is 35.9 Å². The molecule has 9 heteroatoms. The molecule has 0 aliphatic carbocycles. The average Bonchev–Trinajstić information content (AvgIpc) is 3.66. The summed E-state index contributed by atoms with van der Waals surface area (Å²) in [5, 5.41) is 14.2. The van der Waals surface area contributed by atoms with Gasteiger partial charge in [-0.25, -0.2) is 14.5 Å². The zero-order valence-corrected chi connectivity index (χ0v) is 27.1. The number of piperidine rings is 1. The smallest absolute Gasteiger partial charge is 0.324 e. The van der Waals surface area contributed by atoms with Crippen LogP contribution < -0.4 is 16.0 Å². The number of carbonyl (C=O) groups excluding carboxylic acids is 2. The first-order valence-corrected chi connectivity index (χ1v) is 16.2. The number of carbonyl (C=O) groups is 2. The molecule has 0 saturated carbocycles. The number of rotatable bonds is 9. The third-order valence-corrected chi connectivity index (χ3v) is 8.77. The van der Waals surface area contributed by atoms with E-state index in [4.69, 9.17) is 5.10 Å². The summed E-state index contributed by atoms with van der Waals surface area (Å²) in [6.45, 7) is 10.2. The van der Waals surface area contributed by atoms with E-state index in [9.17, 15) is 9.59 Å². The summed E-state index contributed by atoms with van der Waals surface area (Å²) >= 11 is 0. The minimum atomic E-state index is -0.363. The Labute approximate surface area is 270 Å². The third-order valence-electron chi connectivity index (χ3n) is 8.77. The molecule has 1 fully saturated rings. The van der Waals surface area contributed by atoms with Gasteiger partial charge in [-0.3, -0.25) is 10.1 Å². The van der Waals surface area contributed by atoms with Gasteiger partial charge in [0.1, 0.15) is 17.4 Å². The van der Waals surface area contributed by atoms with Crippen molar-refractivity contribution in [3.05, 3.63) is 102 Å². The molecule has 2 aromatic heterocycles. The molecule has 0 bridgehead atoms. The standard InChI is InChI=1S/C37H43N7O2/c1-24-9-15-28(16-10-24)44-34(23-32(43-44)37(2,3)4)42-36(46)39-27-13-11-25(12-14-27)35(26-19-21-38-22-20-26)31(45)17-18-33-40-29-7-5-6-8-30(29)41-33/h5-16,23,26,35,38H,17-22H2,1-4H3,(H,40,41)(H2,39,42,46). The predicted molar refractivity (Wildman–Crippen MR) is 184 cm³/mol. The van der Waals surface area contributed by atoms with Crippen LogP contribution in [0.1, 0.15) is 68.6 Å². The molecule has 46 heavy (non-hydrogen) atoms. The van der Waals surface area contributed by atoms with Crippen LogP contribution in [0.5, 0.6) is 0 Å². The Morgan fingerprint density at radius 2 is 1.67 bits per heavy atom. The zero-order chi connectivity index (χ0) is 32.3. The lowest BCUT2D eigenvalue weighted by atomic mass is 9.77. The highest BCUT2D eigenvalue weighted by Gasteiger charge is 2.31. The van der Waals surface area contributed by atoms with Crippen molar-refractivity contribution in [1.82, 2.24) is 25.1 Å². The van der Waals surface area contributed by atoms with Crippen molar-refractivity contribution in [3.8, 4) is 5.69 Å². The van der Waals surface area contributed by atoms with Crippen molar-refractivity contribution in [2.24, 2.45) is 5.92 Å². The number of nitrogens with one attached hydrogen (secondary N) is 4. The number of fused-ring (bicyclic) bond motifs is 1. The van der Waals surface area contributed by atoms with Crippen LogP contribution in [0.3, 0.4) is 0 Å². The Morgan fingerprint density at radius 1 is 0.957 bits per heavy atom. The largest absolute Gasteiger partial charge is 0.342 e. The Hall–Kier alpha value is -4.76. The van der Waals surface area contributed by atoms with Crippen LogP contribution in [0.2, 0.25) is 0 Å². The fourth-order valence-electron chi connectivity index (χ4n) is 6.19. The number of para-hydroxylation sites is 2. The molecule has 1 aliphatic heterocycles. The van der Waals surface area contributed by atoms with Crippen molar-refractivity contribution in [2.75, 3.05) is 23.7 Å². The SMILES string of the molecule is Cc1ccc(-n2nc(C(C)(C)C)cc2NC(=O)Nc2ccc(C(C(=O)CCc3nc4ccccc4[nH]3)C3CCNCC3)cc2)cc1. The van der Waals surface area contributed by atoms with Gasteiger partial charge in [-0.15, -0.1) is 0 Å². The highest BCUT2D eigenvalue weighted by atomic mass is 16.2. The second kappa shape index (κ2) is 13.3. The van der Waals surface area contributed by atoms with Gasteiger partial charge in [0.2, 0.25) is 0 Å². The number of benzene rings is 3. The van der Waals surface area contributed by atoms with Crippen LogP contribution in [-0.2, 0) is 16.6 Å². The normalized spacial score (nSPS) is 14.7. The summed E-state index contributed by atoms with van der Waals surface area (Å²) in [5.74, 6) is 1.72.